The molecular formula is C11H12F3N3O3. The maximum Gasteiger partial charge on any atom is 0.285 e. The minimum atomic E-state index is -2.79. The lowest BCUT2D eigenvalue weighted by atomic mass is 10.1. The van der Waals surface area contributed by atoms with E-state index in [4.69, 9.17) is 0 Å². The quantitative estimate of drug-likeness (QED) is 0.621. The second-order valence-corrected chi connectivity index (χ2v) is 3.74. The molecule has 6 nitrogen and oxygen atoms in total. The SMILES string of the molecule is CCNc1cc(C(=O)NCC(F)F)c([N+](=O)[O-])cc1F. The second kappa shape index (κ2) is 6.73. The van der Waals surface area contributed by atoms with Crippen LogP contribution in [-0.4, -0.2) is 30.3 Å². The van der Waals surface area contributed by atoms with Crippen LogP contribution in [0.1, 0.15) is 17.3 Å². The fraction of sp³-hybridized carbons (Fsp3) is 0.364. The Morgan fingerprint density at radius 1 is 1.45 bits per heavy atom. The van der Waals surface area contributed by atoms with E-state index in [1.807, 2.05) is 5.32 Å². The summed E-state index contributed by atoms with van der Waals surface area (Å²) in [6.07, 6.45) is -2.79. The standard InChI is InChI=1S/C11H12F3N3O3/c1-2-15-8-3-6(11(18)16-5-10(13)14)9(17(19)20)4-7(8)12/h3-4,10,15H,2,5H2,1H3,(H,16,18). The molecule has 20 heavy (non-hydrogen) atoms. The Hall–Kier alpha value is -2.32. The van der Waals surface area contributed by atoms with Crippen LogP contribution in [0.25, 0.3) is 0 Å². The van der Waals surface area contributed by atoms with E-state index in [0.717, 1.165) is 6.07 Å². The van der Waals surface area contributed by atoms with Gasteiger partial charge in [0.25, 0.3) is 18.0 Å². The van der Waals surface area contributed by atoms with Gasteiger partial charge in [-0.15, -0.1) is 0 Å². The summed E-state index contributed by atoms with van der Waals surface area (Å²) in [6.45, 7) is 1.05. The minimum absolute atomic E-state index is 0.111. The Morgan fingerprint density at radius 3 is 2.60 bits per heavy atom. The fourth-order valence-electron chi connectivity index (χ4n) is 1.49. The van der Waals surface area contributed by atoms with Gasteiger partial charge in [0, 0.05) is 6.54 Å². The third kappa shape index (κ3) is 3.84. The zero-order valence-corrected chi connectivity index (χ0v) is 10.5. The third-order valence-electron chi connectivity index (χ3n) is 2.31. The van der Waals surface area contributed by atoms with Gasteiger partial charge in [-0.05, 0) is 13.0 Å². The van der Waals surface area contributed by atoms with Gasteiger partial charge in [-0.2, -0.15) is 0 Å². The number of nitrogens with one attached hydrogen (secondary N) is 2. The number of nitro benzene ring substituents is 1. The fourth-order valence-corrected chi connectivity index (χ4v) is 1.49. The molecular weight excluding hydrogens is 279 g/mol. The lowest BCUT2D eigenvalue weighted by Crippen LogP contribution is -2.29. The van der Waals surface area contributed by atoms with Crippen molar-refractivity contribution in [2.24, 2.45) is 0 Å². The molecule has 0 bridgehead atoms. The molecule has 0 fully saturated rings. The van der Waals surface area contributed by atoms with Crippen molar-refractivity contribution >= 4 is 17.3 Å². The maximum atomic E-state index is 13.5. The van der Waals surface area contributed by atoms with E-state index in [1.54, 1.807) is 6.92 Å². The van der Waals surface area contributed by atoms with Gasteiger partial charge in [0.1, 0.15) is 5.56 Å². The molecule has 0 aromatic heterocycles. The molecule has 1 aromatic carbocycles. The van der Waals surface area contributed by atoms with Crippen LogP contribution in [0.5, 0.6) is 0 Å². The van der Waals surface area contributed by atoms with Crippen molar-refractivity contribution < 1.29 is 22.9 Å². The van der Waals surface area contributed by atoms with Gasteiger partial charge < -0.3 is 10.6 Å². The minimum Gasteiger partial charge on any atom is -0.383 e. The molecule has 0 aliphatic carbocycles. The van der Waals surface area contributed by atoms with E-state index in [1.165, 1.54) is 0 Å². The van der Waals surface area contributed by atoms with E-state index < -0.39 is 40.9 Å². The summed E-state index contributed by atoms with van der Waals surface area (Å²) in [5, 5.41) is 15.2. The number of anilines is 1. The summed E-state index contributed by atoms with van der Waals surface area (Å²) >= 11 is 0. The van der Waals surface area contributed by atoms with Crippen LogP contribution >= 0.6 is 0 Å². The molecule has 0 spiro atoms. The van der Waals surface area contributed by atoms with Crippen molar-refractivity contribution in [2.45, 2.75) is 13.3 Å². The van der Waals surface area contributed by atoms with Gasteiger partial charge in [-0.25, -0.2) is 13.2 Å². The molecule has 0 heterocycles. The molecule has 1 rings (SSSR count). The summed E-state index contributed by atoms with van der Waals surface area (Å²) in [4.78, 5) is 21.5. The molecule has 0 radical (unpaired) electrons. The first-order valence-electron chi connectivity index (χ1n) is 5.65. The summed E-state index contributed by atoms with van der Waals surface area (Å²) < 4.78 is 37.6. The first kappa shape index (κ1) is 15.7. The topological polar surface area (TPSA) is 84.3 Å². The second-order valence-electron chi connectivity index (χ2n) is 3.74. The molecule has 1 amide bonds. The van der Waals surface area contributed by atoms with E-state index in [-0.39, 0.29) is 5.69 Å². The van der Waals surface area contributed by atoms with E-state index in [0.29, 0.717) is 12.6 Å². The lowest BCUT2D eigenvalue weighted by Gasteiger charge is -2.09. The van der Waals surface area contributed by atoms with Crippen molar-refractivity contribution in [1.29, 1.82) is 0 Å². The van der Waals surface area contributed by atoms with Crippen molar-refractivity contribution in [2.75, 3.05) is 18.4 Å². The van der Waals surface area contributed by atoms with Gasteiger partial charge in [-0.3, -0.25) is 14.9 Å². The molecule has 0 unspecified atom stereocenters. The number of amides is 1. The smallest absolute Gasteiger partial charge is 0.285 e. The Balaban J connectivity index is 3.16. The van der Waals surface area contributed by atoms with Crippen molar-refractivity contribution in [1.82, 2.24) is 5.32 Å². The molecule has 0 aliphatic rings. The summed E-state index contributed by atoms with van der Waals surface area (Å²) in [6, 6.07) is 1.51. The zero-order valence-electron chi connectivity index (χ0n) is 10.5. The molecule has 0 atom stereocenters. The molecule has 0 saturated heterocycles. The first-order chi connectivity index (χ1) is 9.36. The molecule has 0 saturated carbocycles. The molecule has 0 aliphatic heterocycles. The lowest BCUT2D eigenvalue weighted by molar-refractivity contribution is -0.385. The number of hydrogen-bond acceptors (Lipinski definition) is 4. The van der Waals surface area contributed by atoms with Crippen LogP contribution in [0.4, 0.5) is 24.5 Å². The number of carbonyl (C=O) groups excluding carboxylic acids is 1. The van der Waals surface area contributed by atoms with Crippen LogP contribution < -0.4 is 10.6 Å². The highest BCUT2D eigenvalue weighted by molar-refractivity contribution is 5.99. The Kier molecular flexibility index (Phi) is 5.30. The van der Waals surface area contributed by atoms with Gasteiger partial charge in [0.15, 0.2) is 5.82 Å². The highest BCUT2D eigenvalue weighted by Crippen LogP contribution is 2.26. The van der Waals surface area contributed by atoms with Crippen LogP contribution in [0, 0.1) is 15.9 Å². The Bertz CT molecular complexity index is 523. The molecule has 2 N–H and O–H groups in total. The highest BCUT2D eigenvalue weighted by Gasteiger charge is 2.24. The monoisotopic (exact) mass is 291 g/mol. The number of nitro groups is 1. The zero-order chi connectivity index (χ0) is 15.3. The van der Waals surface area contributed by atoms with Crippen LogP contribution in [0.15, 0.2) is 12.1 Å². The number of hydrogen-bond donors (Lipinski definition) is 2. The number of alkyl halides is 2. The molecule has 1 aromatic rings. The van der Waals surface area contributed by atoms with Crippen molar-refractivity contribution in [3.8, 4) is 0 Å². The highest BCUT2D eigenvalue weighted by atomic mass is 19.3. The third-order valence-corrected chi connectivity index (χ3v) is 2.31. The normalized spacial score (nSPS) is 10.4. The van der Waals surface area contributed by atoms with Crippen molar-refractivity contribution in [3.63, 3.8) is 0 Å². The average molecular weight is 291 g/mol. The largest absolute Gasteiger partial charge is 0.383 e. The number of nitrogens with zero attached hydrogens (tertiary/aromatic N) is 1. The van der Waals surface area contributed by atoms with Crippen molar-refractivity contribution in [3.05, 3.63) is 33.6 Å². The summed E-state index contributed by atoms with van der Waals surface area (Å²) in [7, 11) is 0. The number of rotatable bonds is 6. The number of benzene rings is 1. The van der Waals surface area contributed by atoms with Crippen LogP contribution in [-0.2, 0) is 0 Å². The summed E-state index contributed by atoms with van der Waals surface area (Å²) in [5.74, 6) is -1.96. The Labute approximate surface area is 112 Å². The number of carbonyl (C=O) groups is 1. The predicted octanol–water partition coefficient (Wildman–Crippen LogP) is 2.16. The van der Waals surface area contributed by atoms with E-state index in [9.17, 15) is 28.1 Å². The van der Waals surface area contributed by atoms with E-state index in [2.05, 4.69) is 5.32 Å². The predicted molar refractivity (Wildman–Crippen MR) is 65.6 cm³/mol. The maximum absolute atomic E-state index is 13.5. The summed E-state index contributed by atoms with van der Waals surface area (Å²) in [5.41, 5.74) is -1.37. The Morgan fingerprint density at radius 2 is 2.10 bits per heavy atom. The van der Waals surface area contributed by atoms with E-state index >= 15 is 0 Å². The van der Waals surface area contributed by atoms with Crippen LogP contribution in [0.2, 0.25) is 0 Å². The van der Waals surface area contributed by atoms with Crippen LogP contribution in [0.3, 0.4) is 0 Å². The average Bonchev–Trinajstić information content (AvgIpc) is 2.37. The van der Waals surface area contributed by atoms with Gasteiger partial charge >= 0.3 is 0 Å². The molecule has 110 valence electrons. The van der Waals surface area contributed by atoms with Gasteiger partial charge in [0.2, 0.25) is 0 Å². The van der Waals surface area contributed by atoms with Gasteiger partial charge in [-0.1, -0.05) is 0 Å². The molecule has 9 heteroatoms. The first-order valence-corrected chi connectivity index (χ1v) is 5.65. The van der Waals surface area contributed by atoms with Gasteiger partial charge in [0.05, 0.1) is 23.2 Å². The number of halogens is 3.